The van der Waals surface area contributed by atoms with Crippen LogP contribution in [0.2, 0.25) is 0 Å². The van der Waals surface area contributed by atoms with Crippen LogP contribution in [0.5, 0.6) is 0 Å². The highest BCUT2D eigenvalue weighted by molar-refractivity contribution is 7.86. The van der Waals surface area contributed by atoms with Gasteiger partial charge in [0, 0.05) is 17.0 Å². The van der Waals surface area contributed by atoms with Crippen molar-refractivity contribution in [3.05, 3.63) is 53.9 Å². The predicted molar refractivity (Wildman–Crippen MR) is 93.6 cm³/mol. The molecule has 1 heterocycles. The Morgan fingerprint density at radius 1 is 1.23 bits per heavy atom. The molecule has 0 saturated heterocycles. The van der Waals surface area contributed by atoms with Crippen LogP contribution < -0.4 is 5.73 Å². The number of esters is 1. The number of nitrogen functional groups attached to an aromatic ring is 1. The summed E-state index contributed by atoms with van der Waals surface area (Å²) >= 11 is 0. The van der Waals surface area contributed by atoms with Gasteiger partial charge < -0.3 is 15.0 Å². The first-order chi connectivity index (χ1) is 12.3. The third-order valence-electron chi connectivity index (χ3n) is 3.94. The number of hydrogen-bond donors (Lipinski definition) is 2. The van der Waals surface area contributed by atoms with Crippen LogP contribution in [0.4, 0.5) is 5.69 Å². The second kappa shape index (κ2) is 6.18. The number of nitriles is 1. The van der Waals surface area contributed by atoms with Gasteiger partial charge in [0.25, 0.3) is 10.1 Å². The Bertz CT molecular complexity index is 1190. The fourth-order valence-corrected chi connectivity index (χ4v) is 3.49. The first kappa shape index (κ1) is 17.5. The molecule has 9 heteroatoms. The highest BCUT2D eigenvalue weighted by atomic mass is 32.2. The second-order valence-electron chi connectivity index (χ2n) is 5.38. The summed E-state index contributed by atoms with van der Waals surface area (Å²) in [5, 5.41) is 9.91. The zero-order valence-electron chi connectivity index (χ0n) is 13.5. The molecule has 0 aliphatic heterocycles. The summed E-state index contributed by atoms with van der Waals surface area (Å²) in [4.78, 5) is 11.9. The molecule has 0 radical (unpaired) electrons. The van der Waals surface area contributed by atoms with Gasteiger partial charge in [0.15, 0.2) is 5.69 Å². The number of nitrogens with zero attached hydrogens (tertiary/aromatic N) is 2. The molecule has 0 fully saturated rings. The average Bonchev–Trinajstić information content (AvgIpc) is 2.95. The number of hydrogen-bond acceptors (Lipinski definition) is 6. The molecule has 0 aliphatic rings. The topological polar surface area (TPSA) is 135 Å². The SMILES string of the molecule is COC(=O)c1c(N)c(C#N)cn1-c1ccc(S(=O)(=O)O)c2ccccc12. The first-order valence-corrected chi connectivity index (χ1v) is 8.72. The maximum absolute atomic E-state index is 12.2. The van der Waals surface area contributed by atoms with Crippen molar-refractivity contribution in [1.29, 1.82) is 5.26 Å². The normalized spacial score (nSPS) is 11.3. The number of anilines is 1. The third-order valence-corrected chi connectivity index (χ3v) is 4.85. The molecule has 2 aromatic carbocycles. The zero-order chi connectivity index (χ0) is 19.1. The standard InChI is InChI=1S/C17H13N3O5S/c1-25-17(21)16-15(19)10(8-18)9-20(16)13-6-7-14(26(22,23)24)12-5-3-2-4-11(12)13/h2-7,9H,19H2,1H3,(H,22,23,24). The summed E-state index contributed by atoms with van der Waals surface area (Å²) in [7, 11) is -3.26. The number of methoxy groups -OCH3 is 1. The minimum Gasteiger partial charge on any atom is -0.464 e. The van der Waals surface area contributed by atoms with Crippen LogP contribution in [0, 0.1) is 11.3 Å². The molecule has 3 aromatic rings. The van der Waals surface area contributed by atoms with Crippen molar-refractivity contribution in [2.75, 3.05) is 12.8 Å². The predicted octanol–water partition coefficient (Wildman–Crippen LogP) is 2.12. The van der Waals surface area contributed by atoms with E-state index >= 15 is 0 Å². The lowest BCUT2D eigenvalue weighted by Crippen LogP contribution is -2.11. The third kappa shape index (κ3) is 2.67. The summed E-state index contributed by atoms with van der Waals surface area (Å²) in [5.74, 6) is -0.744. The van der Waals surface area contributed by atoms with Gasteiger partial charge in [-0.25, -0.2) is 4.79 Å². The fourth-order valence-electron chi connectivity index (χ4n) is 2.80. The van der Waals surface area contributed by atoms with Crippen LogP contribution in [0.25, 0.3) is 16.5 Å². The Morgan fingerprint density at radius 3 is 2.46 bits per heavy atom. The van der Waals surface area contributed by atoms with Crippen molar-refractivity contribution in [3.8, 4) is 11.8 Å². The van der Waals surface area contributed by atoms with E-state index in [1.54, 1.807) is 18.2 Å². The van der Waals surface area contributed by atoms with E-state index in [0.29, 0.717) is 11.1 Å². The zero-order valence-corrected chi connectivity index (χ0v) is 14.3. The van der Waals surface area contributed by atoms with Crippen molar-refractivity contribution in [2.45, 2.75) is 4.90 Å². The molecule has 0 unspecified atom stereocenters. The minimum absolute atomic E-state index is 0.0395. The lowest BCUT2D eigenvalue weighted by molar-refractivity contribution is 0.0593. The van der Waals surface area contributed by atoms with Crippen LogP contribution in [0.1, 0.15) is 16.1 Å². The van der Waals surface area contributed by atoms with Gasteiger partial charge in [-0.2, -0.15) is 13.7 Å². The Hall–Kier alpha value is -3.35. The van der Waals surface area contributed by atoms with Crippen LogP contribution in [0.15, 0.2) is 47.5 Å². The summed E-state index contributed by atoms with van der Waals surface area (Å²) in [6.45, 7) is 0. The molecule has 0 saturated carbocycles. The highest BCUT2D eigenvalue weighted by Crippen LogP contribution is 2.32. The number of rotatable bonds is 3. The Kier molecular flexibility index (Phi) is 4.15. The maximum atomic E-state index is 12.2. The molecule has 0 amide bonds. The lowest BCUT2D eigenvalue weighted by Gasteiger charge is -2.13. The van der Waals surface area contributed by atoms with E-state index in [1.165, 1.54) is 36.1 Å². The summed E-state index contributed by atoms with van der Waals surface area (Å²) in [5.41, 5.74) is 6.29. The quantitative estimate of drug-likeness (QED) is 0.531. The van der Waals surface area contributed by atoms with E-state index in [-0.39, 0.29) is 27.2 Å². The molecule has 26 heavy (non-hydrogen) atoms. The number of benzene rings is 2. The lowest BCUT2D eigenvalue weighted by atomic mass is 10.1. The van der Waals surface area contributed by atoms with Gasteiger partial charge in [-0.1, -0.05) is 24.3 Å². The largest absolute Gasteiger partial charge is 0.464 e. The van der Waals surface area contributed by atoms with Crippen molar-refractivity contribution in [3.63, 3.8) is 0 Å². The van der Waals surface area contributed by atoms with E-state index in [4.69, 9.17) is 10.5 Å². The van der Waals surface area contributed by atoms with Crippen LogP contribution in [-0.2, 0) is 14.9 Å². The molecule has 3 rings (SSSR count). The van der Waals surface area contributed by atoms with Gasteiger partial charge in [-0.15, -0.1) is 0 Å². The number of ether oxygens (including phenoxy) is 1. The molecule has 0 spiro atoms. The Labute approximate surface area is 148 Å². The van der Waals surface area contributed by atoms with Crippen molar-refractivity contribution < 1.29 is 22.5 Å². The first-order valence-electron chi connectivity index (χ1n) is 7.28. The maximum Gasteiger partial charge on any atom is 0.357 e. The van der Waals surface area contributed by atoms with Crippen molar-refractivity contribution >= 4 is 32.5 Å². The van der Waals surface area contributed by atoms with E-state index < -0.39 is 16.1 Å². The van der Waals surface area contributed by atoms with Crippen molar-refractivity contribution in [1.82, 2.24) is 4.57 Å². The van der Waals surface area contributed by atoms with Crippen LogP contribution in [-0.4, -0.2) is 30.6 Å². The molecule has 1 aromatic heterocycles. The molecular weight excluding hydrogens is 358 g/mol. The van der Waals surface area contributed by atoms with E-state index in [2.05, 4.69) is 0 Å². The second-order valence-corrected chi connectivity index (χ2v) is 6.77. The van der Waals surface area contributed by atoms with Gasteiger partial charge >= 0.3 is 5.97 Å². The van der Waals surface area contributed by atoms with Gasteiger partial charge in [-0.05, 0) is 12.1 Å². The minimum atomic E-state index is -4.45. The van der Waals surface area contributed by atoms with Gasteiger partial charge in [0.1, 0.15) is 11.0 Å². The molecular formula is C17H13N3O5S. The Balaban J connectivity index is 2.42. The number of nitrogens with two attached hydrogens (primary N) is 1. The van der Waals surface area contributed by atoms with Crippen LogP contribution in [0.3, 0.4) is 0 Å². The fraction of sp³-hybridized carbons (Fsp3) is 0.0588. The molecule has 0 atom stereocenters. The molecule has 0 bridgehead atoms. The van der Waals surface area contributed by atoms with Gasteiger partial charge in [-0.3, -0.25) is 4.55 Å². The average molecular weight is 371 g/mol. The summed E-state index contributed by atoms with van der Waals surface area (Å²) in [6, 6.07) is 11.0. The number of aromatic nitrogens is 1. The summed E-state index contributed by atoms with van der Waals surface area (Å²) in [6.07, 6.45) is 1.37. The molecule has 3 N–H and O–H groups in total. The van der Waals surface area contributed by atoms with Gasteiger partial charge in [0.2, 0.25) is 0 Å². The summed E-state index contributed by atoms with van der Waals surface area (Å²) < 4.78 is 38.8. The van der Waals surface area contributed by atoms with E-state index in [1.807, 2.05) is 6.07 Å². The van der Waals surface area contributed by atoms with Gasteiger partial charge in [0.05, 0.1) is 24.0 Å². The molecule has 0 aliphatic carbocycles. The Morgan fingerprint density at radius 2 is 1.88 bits per heavy atom. The van der Waals surface area contributed by atoms with E-state index in [9.17, 15) is 23.0 Å². The van der Waals surface area contributed by atoms with Crippen LogP contribution >= 0.6 is 0 Å². The number of carbonyl (C=O) groups is 1. The number of carbonyl (C=O) groups excluding carboxylic acids is 1. The monoisotopic (exact) mass is 371 g/mol. The molecule has 8 nitrogen and oxygen atoms in total. The number of fused-ring (bicyclic) bond motifs is 1. The smallest absolute Gasteiger partial charge is 0.357 e. The van der Waals surface area contributed by atoms with E-state index in [0.717, 1.165) is 0 Å². The molecule has 132 valence electrons. The van der Waals surface area contributed by atoms with Crippen molar-refractivity contribution in [2.24, 2.45) is 0 Å². The highest BCUT2D eigenvalue weighted by Gasteiger charge is 2.24.